The van der Waals surface area contributed by atoms with Crippen molar-refractivity contribution in [3.05, 3.63) is 101 Å². The summed E-state index contributed by atoms with van der Waals surface area (Å²) in [6.07, 6.45) is 4.56. The number of fused-ring (bicyclic) bond motifs is 5. The summed E-state index contributed by atoms with van der Waals surface area (Å²) >= 11 is 0. The summed E-state index contributed by atoms with van der Waals surface area (Å²) in [5, 5.41) is 0. The van der Waals surface area contributed by atoms with Crippen LogP contribution >= 0.6 is 0 Å². The molecular formula is C24H21NO2S. The average molecular weight is 388 g/mol. The SMILES string of the molecule is CS(=O)(=O)Nc1cccc(/C=C2\c3ccccc3[C@H]3C[C@H]3c3ccccc32)c1. The second-order valence-electron chi connectivity index (χ2n) is 7.68. The molecule has 3 aromatic carbocycles. The number of benzene rings is 3. The Morgan fingerprint density at radius 1 is 0.857 bits per heavy atom. The van der Waals surface area contributed by atoms with Crippen LogP contribution in [0.4, 0.5) is 5.69 Å². The predicted molar refractivity (Wildman–Crippen MR) is 115 cm³/mol. The summed E-state index contributed by atoms with van der Waals surface area (Å²) in [4.78, 5) is 0. The maximum Gasteiger partial charge on any atom is 0.229 e. The topological polar surface area (TPSA) is 46.2 Å². The van der Waals surface area contributed by atoms with Crippen LogP contribution in [0.15, 0.2) is 72.8 Å². The average Bonchev–Trinajstić information content (AvgIpc) is 3.46. The number of anilines is 1. The molecule has 1 saturated carbocycles. The van der Waals surface area contributed by atoms with Crippen LogP contribution in [0, 0.1) is 0 Å². The van der Waals surface area contributed by atoms with Gasteiger partial charge in [0.05, 0.1) is 6.26 Å². The highest BCUT2D eigenvalue weighted by Gasteiger charge is 2.44. The Morgan fingerprint density at radius 3 is 2.07 bits per heavy atom. The van der Waals surface area contributed by atoms with Crippen LogP contribution in [-0.2, 0) is 10.0 Å². The molecule has 2 aliphatic rings. The Balaban J connectivity index is 1.68. The highest BCUT2D eigenvalue weighted by Crippen LogP contribution is 2.60. The summed E-state index contributed by atoms with van der Waals surface area (Å²) in [5.41, 5.74) is 8.15. The van der Waals surface area contributed by atoms with Gasteiger partial charge in [-0.15, -0.1) is 0 Å². The minimum Gasteiger partial charge on any atom is -0.284 e. The second-order valence-corrected chi connectivity index (χ2v) is 9.43. The van der Waals surface area contributed by atoms with Crippen LogP contribution in [0.1, 0.15) is 46.1 Å². The molecule has 0 radical (unpaired) electrons. The van der Waals surface area contributed by atoms with Gasteiger partial charge in [0, 0.05) is 5.69 Å². The first-order valence-corrected chi connectivity index (χ1v) is 11.4. The van der Waals surface area contributed by atoms with Crippen LogP contribution in [0.25, 0.3) is 11.6 Å². The molecule has 0 spiro atoms. The third kappa shape index (κ3) is 3.14. The first kappa shape index (κ1) is 17.3. The Labute approximate surface area is 165 Å². The lowest BCUT2D eigenvalue weighted by Gasteiger charge is -2.14. The fourth-order valence-electron chi connectivity index (χ4n) is 4.39. The van der Waals surface area contributed by atoms with Crippen molar-refractivity contribution < 1.29 is 8.42 Å². The van der Waals surface area contributed by atoms with E-state index in [1.54, 1.807) is 6.07 Å². The van der Waals surface area contributed by atoms with Gasteiger partial charge in [0.25, 0.3) is 0 Å². The molecule has 0 saturated heterocycles. The van der Waals surface area contributed by atoms with E-state index in [2.05, 4.69) is 59.3 Å². The third-order valence-corrected chi connectivity index (χ3v) is 6.20. The summed E-state index contributed by atoms with van der Waals surface area (Å²) in [5.74, 6) is 1.20. The number of sulfonamides is 1. The molecule has 0 aromatic heterocycles. The van der Waals surface area contributed by atoms with Gasteiger partial charge in [-0.25, -0.2) is 8.42 Å². The fraction of sp³-hybridized carbons (Fsp3) is 0.167. The zero-order chi connectivity index (χ0) is 19.3. The minimum atomic E-state index is -3.30. The number of hydrogen-bond acceptors (Lipinski definition) is 2. The van der Waals surface area contributed by atoms with Crippen molar-refractivity contribution in [2.24, 2.45) is 0 Å². The normalized spacial score (nSPS) is 21.2. The molecule has 0 bridgehead atoms. The van der Waals surface area contributed by atoms with E-state index in [1.165, 1.54) is 40.5 Å². The summed E-state index contributed by atoms with van der Waals surface area (Å²) < 4.78 is 25.7. The van der Waals surface area contributed by atoms with E-state index in [-0.39, 0.29) is 0 Å². The molecule has 0 unspecified atom stereocenters. The lowest BCUT2D eigenvalue weighted by molar-refractivity contribution is 0.607. The molecule has 2 aliphatic carbocycles. The molecule has 2 atom stereocenters. The van der Waals surface area contributed by atoms with E-state index < -0.39 is 10.0 Å². The first-order chi connectivity index (χ1) is 13.5. The standard InChI is InChI=1S/C24H21NO2S/c1-28(26,27)25-17-8-6-7-16(13-17)14-22-18-9-2-4-11-20(18)23-15-24(23)21-12-5-3-10-19(21)22/h2-14,23-25H,15H2,1H3/b22-14-/t23-,24+/m0/s1. The molecule has 3 aromatic rings. The van der Waals surface area contributed by atoms with Gasteiger partial charge < -0.3 is 0 Å². The largest absolute Gasteiger partial charge is 0.284 e. The van der Waals surface area contributed by atoms with Crippen molar-refractivity contribution in [2.75, 3.05) is 11.0 Å². The molecule has 0 aliphatic heterocycles. The van der Waals surface area contributed by atoms with Crippen LogP contribution in [0.3, 0.4) is 0 Å². The van der Waals surface area contributed by atoms with Crippen molar-refractivity contribution in [3.8, 4) is 0 Å². The van der Waals surface area contributed by atoms with Crippen molar-refractivity contribution in [3.63, 3.8) is 0 Å². The Kier molecular flexibility index (Phi) is 3.91. The van der Waals surface area contributed by atoms with Crippen molar-refractivity contribution >= 4 is 27.4 Å². The zero-order valence-electron chi connectivity index (χ0n) is 15.6. The molecule has 3 nitrogen and oxygen atoms in total. The highest BCUT2D eigenvalue weighted by molar-refractivity contribution is 7.92. The smallest absolute Gasteiger partial charge is 0.229 e. The third-order valence-electron chi connectivity index (χ3n) is 5.59. The molecule has 0 heterocycles. The molecule has 4 heteroatoms. The lowest BCUT2D eigenvalue weighted by Crippen LogP contribution is -2.09. The van der Waals surface area contributed by atoms with Gasteiger partial charge in [-0.1, -0.05) is 60.7 Å². The summed E-state index contributed by atoms with van der Waals surface area (Å²) in [6, 6.07) is 24.9. The Morgan fingerprint density at radius 2 is 1.46 bits per heavy atom. The maximum atomic E-state index is 11.6. The van der Waals surface area contributed by atoms with E-state index in [9.17, 15) is 8.42 Å². The summed E-state index contributed by atoms with van der Waals surface area (Å²) in [6.45, 7) is 0. The maximum absolute atomic E-state index is 11.6. The number of hydrogen-bond donors (Lipinski definition) is 1. The number of nitrogens with one attached hydrogen (secondary N) is 1. The van der Waals surface area contributed by atoms with Crippen molar-refractivity contribution in [1.29, 1.82) is 0 Å². The molecule has 5 rings (SSSR count). The van der Waals surface area contributed by atoms with Gasteiger partial charge in [0.2, 0.25) is 10.0 Å². The fourth-order valence-corrected chi connectivity index (χ4v) is 4.94. The molecule has 0 amide bonds. The molecule has 1 N–H and O–H groups in total. The number of rotatable bonds is 3. The first-order valence-electron chi connectivity index (χ1n) is 9.48. The second kappa shape index (κ2) is 6.35. The van der Waals surface area contributed by atoms with E-state index in [0.717, 1.165) is 5.56 Å². The van der Waals surface area contributed by atoms with Gasteiger partial charge >= 0.3 is 0 Å². The van der Waals surface area contributed by atoms with E-state index in [1.807, 2.05) is 18.2 Å². The van der Waals surface area contributed by atoms with Crippen LogP contribution in [0.5, 0.6) is 0 Å². The lowest BCUT2D eigenvalue weighted by atomic mass is 9.90. The predicted octanol–water partition coefficient (Wildman–Crippen LogP) is 5.23. The molecular weight excluding hydrogens is 366 g/mol. The van der Waals surface area contributed by atoms with Crippen LogP contribution < -0.4 is 4.72 Å². The van der Waals surface area contributed by atoms with E-state index in [0.29, 0.717) is 17.5 Å². The van der Waals surface area contributed by atoms with Crippen molar-refractivity contribution in [1.82, 2.24) is 0 Å². The quantitative estimate of drug-likeness (QED) is 0.669. The van der Waals surface area contributed by atoms with Crippen LogP contribution in [-0.4, -0.2) is 14.7 Å². The highest BCUT2D eigenvalue weighted by atomic mass is 32.2. The van der Waals surface area contributed by atoms with Gasteiger partial charge in [-0.2, -0.15) is 0 Å². The monoisotopic (exact) mass is 387 g/mol. The van der Waals surface area contributed by atoms with Gasteiger partial charge in [-0.3, -0.25) is 4.72 Å². The van der Waals surface area contributed by atoms with Crippen LogP contribution in [0.2, 0.25) is 0 Å². The van der Waals surface area contributed by atoms with Gasteiger partial charge in [0.15, 0.2) is 0 Å². The van der Waals surface area contributed by atoms with E-state index >= 15 is 0 Å². The van der Waals surface area contributed by atoms with Gasteiger partial charge in [0.1, 0.15) is 0 Å². The Bertz CT molecular complexity index is 1160. The van der Waals surface area contributed by atoms with E-state index in [4.69, 9.17) is 0 Å². The molecule has 1 fully saturated rings. The summed E-state index contributed by atoms with van der Waals surface area (Å²) in [7, 11) is -3.30. The van der Waals surface area contributed by atoms with Crippen molar-refractivity contribution in [2.45, 2.75) is 18.3 Å². The Hall–Kier alpha value is -2.85. The minimum absolute atomic E-state index is 0.579. The molecule has 140 valence electrons. The zero-order valence-corrected chi connectivity index (χ0v) is 16.4. The van der Waals surface area contributed by atoms with Gasteiger partial charge in [-0.05, 0) is 69.9 Å². The molecule has 28 heavy (non-hydrogen) atoms.